The number of amides is 1. The second-order valence-corrected chi connectivity index (χ2v) is 10.1. The number of thiocarbonyl (C=S) groups is 1. The number of hydrogen-bond acceptors (Lipinski definition) is 5. The van der Waals surface area contributed by atoms with Crippen molar-refractivity contribution in [1.29, 1.82) is 0 Å². The number of pyridine rings is 1. The summed E-state index contributed by atoms with van der Waals surface area (Å²) in [5.41, 5.74) is 2.91. The Bertz CT molecular complexity index is 1220. The van der Waals surface area contributed by atoms with E-state index in [9.17, 15) is 4.79 Å². The Morgan fingerprint density at radius 3 is 2.64 bits per heavy atom. The number of benzene rings is 1. The molecule has 4 rings (SSSR count). The molecule has 0 spiro atoms. The van der Waals surface area contributed by atoms with Gasteiger partial charge in [0.2, 0.25) is 5.91 Å². The van der Waals surface area contributed by atoms with Crippen LogP contribution in [0.3, 0.4) is 0 Å². The second kappa shape index (κ2) is 10.7. The molecule has 1 fully saturated rings. The highest BCUT2D eigenvalue weighted by atomic mass is 32.1. The topological polar surface area (TPSA) is 80.7 Å². The monoisotopic (exact) mass is 507 g/mol. The molecule has 36 heavy (non-hydrogen) atoms. The van der Waals surface area contributed by atoms with Crippen LogP contribution in [0.15, 0.2) is 60.9 Å². The predicted octanol–water partition coefficient (Wildman–Crippen LogP) is 4.70. The summed E-state index contributed by atoms with van der Waals surface area (Å²) < 4.78 is 13.2. The van der Waals surface area contributed by atoms with Crippen molar-refractivity contribution in [2.24, 2.45) is 5.41 Å². The summed E-state index contributed by atoms with van der Waals surface area (Å²) in [6.07, 6.45) is 3.84. The number of anilines is 2. The van der Waals surface area contributed by atoms with Gasteiger partial charge in [-0.25, -0.2) is 0 Å². The van der Waals surface area contributed by atoms with E-state index in [1.54, 1.807) is 20.4 Å². The molecule has 9 heteroatoms. The van der Waals surface area contributed by atoms with Crippen LogP contribution in [0.4, 0.5) is 11.4 Å². The third kappa shape index (κ3) is 5.22. The van der Waals surface area contributed by atoms with E-state index in [1.807, 2.05) is 63.2 Å². The molecule has 2 N–H and O–H groups in total. The van der Waals surface area contributed by atoms with Crippen molar-refractivity contribution in [2.75, 3.05) is 31.0 Å². The lowest BCUT2D eigenvalue weighted by Crippen LogP contribution is -2.31. The van der Waals surface area contributed by atoms with Crippen LogP contribution in [-0.2, 0) is 16.1 Å². The first-order valence-electron chi connectivity index (χ1n) is 11.9. The zero-order valence-electron chi connectivity index (χ0n) is 21.3. The lowest BCUT2D eigenvalue weighted by atomic mass is 9.95. The molecular formula is C27H33N5O3S. The van der Waals surface area contributed by atoms with E-state index in [-0.39, 0.29) is 18.0 Å². The fourth-order valence-corrected chi connectivity index (χ4v) is 4.61. The summed E-state index contributed by atoms with van der Waals surface area (Å²) >= 11 is 5.85. The summed E-state index contributed by atoms with van der Waals surface area (Å²) in [6.45, 7) is 6.93. The van der Waals surface area contributed by atoms with Crippen LogP contribution < -0.4 is 20.3 Å². The predicted molar refractivity (Wildman–Crippen MR) is 145 cm³/mol. The summed E-state index contributed by atoms with van der Waals surface area (Å²) in [5.74, 6) is 0.471. The molecule has 8 nitrogen and oxygen atoms in total. The first-order chi connectivity index (χ1) is 17.2. The Morgan fingerprint density at radius 2 is 1.97 bits per heavy atom. The molecule has 3 heterocycles. The van der Waals surface area contributed by atoms with Gasteiger partial charge in [0, 0.05) is 48.9 Å². The van der Waals surface area contributed by atoms with E-state index in [2.05, 4.69) is 37.3 Å². The van der Waals surface area contributed by atoms with Crippen molar-refractivity contribution in [1.82, 2.24) is 14.9 Å². The van der Waals surface area contributed by atoms with Gasteiger partial charge in [0.15, 0.2) is 5.11 Å². The minimum absolute atomic E-state index is 0.0871. The number of rotatable bonds is 8. The molecule has 3 aromatic rings. The largest absolute Gasteiger partial charge is 0.494 e. The Balaban J connectivity index is 1.76. The molecule has 0 unspecified atom stereocenters. The van der Waals surface area contributed by atoms with Crippen LogP contribution in [-0.4, -0.2) is 41.4 Å². The molecule has 0 bridgehead atoms. The average Bonchev–Trinajstić information content (AvgIpc) is 3.46. The van der Waals surface area contributed by atoms with Crippen molar-refractivity contribution in [3.05, 3.63) is 72.3 Å². The summed E-state index contributed by atoms with van der Waals surface area (Å²) in [7, 11) is 3.29. The van der Waals surface area contributed by atoms with E-state index in [0.717, 1.165) is 17.1 Å². The van der Waals surface area contributed by atoms with Gasteiger partial charge in [-0.15, -0.1) is 0 Å². The fraction of sp³-hybridized carbons (Fsp3) is 0.370. The zero-order chi connectivity index (χ0) is 25.9. The maximum atomic E-state index is 12.6. The number of methoxy groups -OCH3 is 2. The summed E-state index contributed by atoms with van der Waals surface area (Å²) in [5, 5.41) is 7.05. The standard InChI is InChI=1S/C27H33N5O3S/c1-27(2,3)25(33)29-19-12-11-18(17-22(19)35-5)32-24(21-10-8-14-31(21)15-16-34-4)23(30-26(32)36)20-9-6-7-13-28-20/h6-14,17,23-24H,15-16H2,1-5H3,(H,29,33)(H,30,36)/t23-,24-/m1/s1. The third-order valence-electron chi connectivity index (χ3n) is 6.19. The van der Waals surface area contributed by atoms with Crippen molar-refractivity contribution >= 4 is 34.6 Å². The number of nitrogens with one attached hydrogen (secondary N) is 2. The maximum absolute atomic E-state index is 12.6. The smallest absolute Gasteiger partial charge is 0.229 e. The minimum Gasteiger partial charge on any atom is -0.494 e. The summed E-state index contributed by atoms with van der Waals surface area (Å²) in [6, 6.07) is 15.4. The van der Waals surface area contributed by atoms with Gasteiger partial charge in [-0.2, -0.15) is 0 Å². The number of nitrogens with zero attached hydrogens (tertiary/aromatic N) is 3. The van der Waals surface area contributed by atoms with Crippen molar-refractivity contribution in [3.8, 4) is 5.75 Å². The molecule has 190 valence electrons. The SMILES string of the molecule is COCCn1cccc1[C@@H]1[C@@H](c2ccccn2)NC(=S)N1c1ccc(NC(=O)C(C)(C)C)c(OC)c1. The Morgan fingerprint density at radius 1 is 1.17 bits per heavy atom. The van der Waals surface area contributed by atoms with Gasteiger partial charge < -0.3 is 29.6 Å². The van der Waals surface area contributed by atoms with Gasteiger partial charge in [-0.3, -0.25) is 9.78 Å². The van der Waals surface area contributed by atoms with Gasteiger partial charge in [-0.05, 0) is 48.6 Å². The molecule has 0 aliphatic carbocycles. The lowest BCUT2D eigenvalue weighted by molar-refractivity contribution is -0.123. The molecule has 2 atom stereocenters. The quantitative estimate of drug-likeness (QED) is 0.428. The highest BCUT2D eigenvalue weighted by Gasteiger charge is 2.42. The van der Waals surface area contributed by atoms with Gasteiger partial charge in [0.25, 0.3) is 0 Å². The maximum Gasteiger partial charge on any atom is 0.229 e. The Hall–Kier alpha value is -3.43. The number of aromatic nitrogens is 2. The van der Waals surface area contributed by atoms with Crippen molar-refractivity contribution in [2.45, 2.75) is 39.4 Å². The minimum atomic E-state index is -0.529. The highest BCUT2D eigenvalue weighted by Crippen LogP contribution is 2.43. The van der Waals surface area contributed by atoms with Crippen molar-refractivity contribution in [3.63, 3.8) is 0 Å². The van der Waals surface area contributed by atoms with Crippen molar-refractivity contribution < 1.29 is 14.3 Å². The Kier molecular flexibility index (Phi) is 7.61. The van der Waals surface area contributed by atoms with Gasteiger partial charge in [0.1, 0.15) is 11.8 Å². The molecule has 1 amide bonds. The molecule has 1 aromatic carbocycles. The average molecular weight is 508 g/mol. The van der Waals surface area contributed by atoms with Crippen LogP contribution >= 0.6 is 12.2 Å². The second-order valence-electron chi connectivity index (χ2n) is 9.70. The Labute approximate surface area is 217 Å². The number of carbonyl (C=O) groups excluding carboxylic acids is 1. The van der Waals surface area contributed by atoms with Crippen LogP contribution in [0.25, 0.3) is 0 Å². The number of ether oxygens (including phenoxy) is 2. The third-order valence-corrected chi connectivity index (χ3v) is 6.51. The molecule has 2 aromatic heterocycles. The molecular weight excluding hydrogens is 474 g/mol. The molecule has 1 saturated heterocycles. The van der Waals surface area contributed by atoms with E-state index in [4.69, 9.17) is 21.7 Å². The van der Waals surface area contributed by atoms with Crippen LogP contribution in [0.1, 0.15) is 44.2 Å². The van der Waals surface area contributed by atoms with E-state index >= 15 is 0 Å². The van der Waals surface area contributed by atoms with Crippen LogP contribution in [0.5, 0.6) is 5.75 Å². The molecule has 0 saturated carbocycles. The summed E-state index contributed by atoms with van der Waals surface area (Å²) in [4.78, 5) is 19.3. The first kappa shape index (κ1) is 25.7. The number of hydrogen-bond donors (Lipinski definition) is 2. The normalized spacial score (nSPS) is 17.7. The highest BCUT2D eigenvalue weighted by molar-refractivity contribution is 7.80. The number of carbonyl (C=O) groups is 1. The van der Waals surface area contributed by atoms with E-state index in [1.165, 1.54) is 0 Å². The first-order valence-corrected chi connectivity index (χ1v) is 12.3. The fourth-order valence-electron chi connectivity index (χ4n) is 4.27. The van der Waals surface area contributed by atoms with E-state index < -0.39 is 5.41 Å². The lowest BCUT2D eigenvalue weighted by Gasteiger charge is -2.29. The molecule has 1 aliphatic heterocycles. The van der Waals surface area contributed by atoms with Crippen LogP contribution in [0, 0.1) is 5.41 Å². The van der Waals surface area contributed by atoms with Gasteiger partial charge in [0.05, 0.1) is 31.1 Å². The molecule has 0 radical (unpaired) electrons. The van der Waals surface area contributed by atoms with Gasteiger partial charge in [-0.1, -0.05) is 26.8 Å². The van der Waals surface area contributed by atoms with Crippen LogP contribution in [0.2, 0.25) is 0 Å². The van der Waals surface area contributed by atoms with Gasteiger partial charge >= 0.3 is 0 Å². The zero-order valence-corrected chi connectivity index (χ0v) is 22.1. The van der Waals surface area contributed by atoms with E-state index in [0.29, 0.717) is 29.7 Å². The molecule has 1 aliphatic rings.